The SMILES string of the molecule is CCOc1ccc(NC(=S)N(CCN(CC)CC)Cc2cccs2)cc1. The molecule has 1 aromatic carbocycles. The number of benzene rings is 1. The molecule has 0 saturated heterocycles. The van der Waals surface area contributed by atoms with Crippen LogP contribution in [0.25, 0.3) is 0 Å². The Hall–Kier alpha value is -1.63. The highest BCUT2D eigenvalue weighted by Crippen LogP contribution is 2.17. The molecule has 0 spiro atoms. The second-order valence-electron chi connectivity index (χ2n) is 5.92. The summed E-state index contributed by atoms with van der Waals surface area (Å²) in [6.07, 6.45) is 0. The predicted molar refractivity (Wildman–Crippen MR) is 116 cm³/mol. The third-order valence-electron chi connectivity index (χ3n) is 4.21. The smallest absolute Gasteiger partial charge is 0.173 e. The van der Waals surface area contributed by atoms with Gasteiger partial charge in [-0.15, -0.1) is 11.3 Å². The number of nitrogens with zero attached hydrogens (tertiary/aromatic N) is 2. The molecule has 6 heteroatoms. The van der Waals surface area contributed by atoms with E-state index in [4.69, 9.17) is 17.0 Å². The standard InChI is InChI=1S/C20H29N3OS2/c1-4-22(5-2)13-14-23(16-19-8-7-15-26-19)20(25)21-17-9-11-18(12-10-17)24-6-3/h7-12,15H,4-6,13-14,16H2,1-3H3,(H,21,25). The minimum Gasteiger partial charge on any atom is -0.494 e. The third-order valence-corrected chi connectivity index (χ3v) is 5.43. The fraction of sp³-hybridized carbons (Fsp3) is 0.450. The van der Waals surface area contributed by atoms with Gasteiger partial charge in [-0.1, -0.05) is 19.9 Å². The van der Waals surface area contributed by atoms with Crippen molar-refractivity contribution in [2.45, 2.75) is 27.3 Å². The van der Waals surface area contributed by atoms with E-state index in [-0.39, 0.29) is 0 Å². The maximum Gasteiger partial charge on any atom is 0.173 e. The van der Waals surface area contributed by atoms with Crippen LogP contribution in [0.15, 0.2) is 41.8 Å². The van der Waals surface area contributed by atoms with Crippen LogP contribution in [0.3, 0.4) is 0 Å². The van der Waals surface area contributed by atoms with Crippen molar-refractivity contribution >= 4 is 34.4 Å². The largest absolute Gasteiger partial charge is 0.494 e. The normalized spacial score (nSPS) is 10.8. The Morgan fingerprint density at radius 3 is 2.38 bits per heavy atom. The van der Waals surface area contributed by atoms with Gasteiger partial charge in [0.1, 0.15) is 5.75 Å². The lowest BCUT2D eigenvalue weighted by Crippen LogP contribution is -2.40. The Balaban J connectivity index is 2.01. The van der Waals surface area contributed by atoms with E-state index in [0.717, 1.165) is 49.3 Å². The van der Waals surface area contributed by atoms with Crippen LogP contribution < -0.4 is 10.1 Å². The Bertz CT molecular complexity index is 640. The number of rotatable bonds is 10. The van der Waals surface area contributed by atoms with Gasteiger partial charge < -0.3 is 19.9 Å². The monoisotopic (exact) mass is 391 g/mol. The number of hydrogen-bond acceptors (Lipinski definition) is 4. The van der Waals surface area contributed by atoms with Gasteiger partial charge in [-0.05, 0) is 67.9 Å². The van der Waals surface area contributed by atoms with Gasteiger partial charge in [0.25, 0.3) is 0 Å². The first kappa shape index (κ1) is 20.7. The quantitative estimate of drug-likeness (QED) is 0.593. The van der Waals surface area contributed by atoms with Crippen LogP contribution in [0, 0.1) is 0 Å². The molecule has 1 aromatic heterocycles. The lowest BCUT2D eigenvalue weighted by molar-refractivity contribution is 0.267. The summed E-state index contributed by atoms with van der Waals surface area (Å²) in [6.45, 7) is 11.9. The summed E-state index contributed by atoms with van der Waals surface area (Å²) in [5.74, 6) is 0.876. The van der Waals surface area contributed by atoms with Crippen molar-refractivity contribution in [1.82, 2.24) is 9.80 Å². The topological polar surface area (TPSA) is 27.7 Å². The van der Waals surface area contributed by atoms with Gasteiger partial charge in [0.15, 0.2) is 5.11 Å². The molecule has 0 radical (unpaired) electrons. The average molecular weight is 392 g/mol. The molecule has 26 heavy (non-hydrogen) atoms. The molecular weight excluding hydrogens is 362 g/mol. The first-order chi connectivity index (χ1) is 12.7. The lowest BCUT2D eigenvalue weighted by Gasteiger charge is -2.28. The summed E-state index contributed by atoms with van der Waals surface area (Å²) in [7, 11) is 0. The van der Waals surface area contributed by atoms with Crippen molar-refractivity contribution in [2.24, 2.45) is 0 Å². The Labute approximate surface area is 166 Å². The zero-order valence-electron chi connectivity index (χ0n) is 15.9. The second-order valence-corrected chi connectivity index (χ2v) is 7.33. The summed E-state index contributed by atoms with van der Waals surface area (Å²) in [4.78, 5) is 5.98. The maximum absolute atomic E-state index is 5.71. The number of likely N-dealkylation sites (N-methyl/N-ethyl adjacent to an activating group) is 1. The fourth-order valence-corrected chi connectivity index (χ4v) is 3.64. The number of thiophene rings is 1. The molecule has 0 atom stereocenters. The first-order valence-corrected chi connectivity index (χ1v) is 10.5. The molecule has 0 bridgehead atoms. The number of thiocarbonyl (C=S) groups is 1. The van der Waals surface area contributed by atoms with Gasteiger partial charge in [-0.25, -0.2) is 0 Å². The molecule has 142 valence electrons. The van der Waals surface area contributed by atoms with E-state index in [1.807, 2.05) is 31.2 Å². The zero-order chi connectivity index (χ0) is 18.8. The third kappa shape index (κ3) is 6.59. The van der Waals surface area contributed by atoms with Gasteiger partial charge in [0.05, 0.1) is 13.2 Å². The van der Waals surface area contributed by atoms with E-state index in [0.29, 0.717) is 6.61 Å². The van der Waals surface area contributed by atoms with E-state index in [1.54, 1.807) is 11.3 Å². The summed E-state index contributed by atoms with van der Waals surface area (Å²) in [6, 6.07) is 12.2. The van der Waals surface area contributed by atoms with Crippen molar-refractivity contribution in [2.75, 3.05) is 38.1 Å². The fourth-order valence-electron chi connectivity index (χ4n) is 2.65. The number of hydrogen-bond donors (Lipinski definition) is 1. The minimum atomic E-state index is 0.672. The highest BCUT2D eigenvalue weighted by atomic mass is 32.1. The van der Waals surface area contributed by atoms with Gasteiger partial charge >= 0.3 is 0 Å². The van der Waals surface area contributed by atoms with E-state index >= 15 is 0 Å². The van der Waals surface area contributed by atoms with Gasteiger partial charge in [-0.2, -0.15) is 0 Å². The molecule has 0 aliphatic carbocycles. The average Bonchev–Trinajstić information content (AvgIpc) is 3.16. The van der Waals surface area contributed by atoms with Gasteiger partial charge in [0, 0.05) is 23.7 Å². The second kappa shape index (κ2) is 11.2. The molecule has 0 aliphatic heterocycles. The van der Waals surface area contributed by atoms with Crippen LogP contribution in [0.1, 0.15) is 25.6 Å². The Morgan fingerprint density at radius 1 is 1.08 bits per heavy atom. The van der Waals surface area contributed by atoms with Gasteiger partial charge in [0.2, 0.25) is 0 Å². The van der Waals surface area contributed by atoms with E-state index < -0.39 is 0 Å². The van der Waals surface area contributed by atoms with Crippen molar-refractivity contribution in [1.29, 1.82) is 0 Å². The van der Waals surface area contributed by atoms with E-state index in [1.165, 1.54) is 4.88 Å². The lowest BCUT2D eigenvalue weighted by atomic mass is 10.3. The zero-order valence-corrected chi connectivity index (χ0v) is 17.5. The van der Waals surface area contributed by atoms with Gasteiger partial charge in [-0.3, -0.25) is 0 Å². The summed E-state index contributed by atoms with van der Waals surface area (Å²) >= 11 is 7.48. The van der Waals surface area contributed by atoms with Crippen molar-refractivity contribution in [3.63, 3.8) is 0 Å². The Kier molecular flexibility index (Phi) is 8.88. The molecule has 0 unspecified atom stereocenters. The number of ether oxygens (including phenoxy) is 1. The molecule has 1 N–H and O–H groups in total. The molecule has 0 fully saturated rings. The van der Waals surface area contributed by atoms with Crippen LogP contribution >= 0.6 is 23.6 Å². The molecule has 0 aliphatic rings. The maximum atomic E-state index is 5.71. The van der Waals surface area contributed by atoms with Crippen molar-refractivity contribution in [3.8, 4) is 5.75 Å². The predicted octanol–water partition coefficient (Wildman–Crippen LogP) is 4.69. The van der Waals surface area contributed by atoms with Crippen LogP contribution in [-0.2, 0) is 6.54 Å². The molecular formula is C20H29N3OS2. The van der Waals surface area contributed by atoms with Crippen molar-refractivity contribution in [3.05, 3.63) is 46.7 Å². The first-order valence-electron chi connectivity index (χ1n) is 9.19. The molecule has 2 aromatic rings. The molecule has 2 rings (SSSR count). The highest BCUT2D eigenvalue weighted by molar-refractivity contribution is 7.80. The summed E-state index contributed by atoms with van der Waals surface area (Å²) < 4.78 is 5.50. The minimum absolute atomic E-state index is 0.672. The molecule has 4 nitrogen and oxygen atoms in total. The molecule has 0 saturated carbocycles. The highest BCUT2D eigenvalue weighted by Gasteiger charge is 2.13. The number of anilines is 1. The van der Waals surface area contributed by atoms with Crippen LogP contribution in [-0.4, -0.2) is 47.7 Å². The van der Waals surface area contributed by atoms with E-state index in [9.17, 15) is 0 Å². The Morgan fingerprint density at radius 2 is 1.81 bits per heavy atom. The molecule has 0 amide bonds. The summed E-state index contributed by atoms with van der Waals surface area (Å²) in [5, 5.41) is 6.24. The van der Waals surface area contributed by atoms with Crippen molar-refractivity contribution < 1.29 is 4.74 Å². The van der Waals surface area contributed by atoms with Crippen LogP contribution in [0.4, 0.5) is 5.69 Å². The molecule has 1 heterocycles. The summed E-state index contributed by atoms with van der Waals surface area (Å²) in [5.41, 5.74) is 0.984. The van der Waals surface area contributed by atoms with Crippen LogP contribution in [0.5, 0.6) is 5.75 Å². The number of nitrogens with one attached hydrogen (secondary N) is 1. The van der Waals surface area contributed by atoms with Crippen LogP contribution in [0.2, 0.25) is 0 Å². The van der Waals surface area contributed by atoms with E-state index in [2.05, 4.69) is 46.5 Å².